The maximum atomic E-state index is 13.1. The van der Waals surface area contributed by atoms with Crippen molar-refractivity contribution in [2.24, 2.45) is 11.7 Å². The average Bonchev–Trinajstić information content (AvgIpc) is 3.17. The van der Waals surface area contributed by atoms with Crippen molar-refractivity contribution in [3.63, 3.8) is 0 Å². The Labute approximate surface area is 133 Å². The Bertz CT molecular complexity index is 471. The van der Waals surface area contributed by atoms with Gasteiger partial charge in [-0.2, -0.15) is 0 Å². The number of hydrogen-bond donors (Lipinski definition) is 1. The van der Waals surface area contributed by atoms with E-state index < -0.39 is 0 Å². The van der Waals surface area contributed by atoms with Crippen LogP contribution >= 0.6 is 12.4 Å². The fourth-order valence-electron chi connectivity index (χ4n) is 3.87. The summed E-state index contributed by atoms with van der Waals surface area (Å²) in [6.45, 7) is 2.43. The lowest BCUT2D eigenvalue weighted by atomic mass is 9.77. The highest BCUT2D eigenvalue weighted by Crippen LogP contribution is 2.43. The Balaban J connectivity index is 0.00000161. The molecule has 1 aliphatic heterocycles. The molecule has 1 saturated heterocycles. The Morgan fingerprint density at radius 3 is 2.48 bits per heavy atom. The van der Waals surface area contributed by atoms with Crippen LogP contribution in [0.1, 0.15) is 37.7 Å². The quantitative estimate of drug-likeness (QED) is 0.933. The van der Waals surface area contributed by atoms with E-state index in [1.165, 1.54) is 5.56 Å². The Hall–Kier alpha value is -1.06. The molecule has 116 valence electrons. The van der Waals surface area contributed by atoms with Crippen molar-refractivity contribution in [3.8, 4) is 0 Å². The third-order valence-corrected chi connectivity index (χ3v) is 5.10. The third-order valence-electron chi connectivity index (χ3n) is 5.10. The zero-order valence-corrected chi connectivity index (χ0v) is 13.3. The lowest BCUT2D eigenvalue weighted by Gasteiger charge is -2.33. The van der Waals surface area contributed by atoms with Crippen molar-refractivity contribution in [2.45, 2.75) is 37.5 Å². The van der Waals surface area contributed by atoms with Gasteiger partial charge in [-0.25, -0.2) is 0 Å². The van der Waals surface area contributed by atoms with Gasteiger partial charge < -0.3 is 10.6 Å². The van der Waals surface area contributed by atoms with Crippen LogP contribution in [0.5, 0.6) is 0 Å². The predicted molar refractivity (Wildman–Crippen MR) is 87.6 cm³/mol. The van der Waals surface area contributed by atoms with E-state index >= 15 is 0 Å². The molecule has 1 amide bonds. The zero-order valence-electron chi connectivity index (χ0n) is 12.5. The molecule has 1 heterocycles. The Morgan fingerprint density at radius 2 is 1.90 bits per heavy atom. The number of carbonyl (C=O) groups excluding carboxylic acids is 1. The molecular weight excluding hydrogens is 284 g/mol. The lowest BCUT2D eigenvalue weighted by Crippen LogP contribution is -2.44. The van der Waals surface area contributed by atoms with Crippen LogP contribution in [0.3, 0.4) is 0 Å². The molecule has 1 aromatic carbocycles. The second kappa shape index (κ2) is 6.80. The van der Waals surface area contributed by atoms with Gasteiger partial charge in [0, 0.05) is 13.1 Å². The summed E-state index contributed by atoms with van der Waals surface area (Å²) in [4.78, 5) is 15.2. The van der Waals surface area contributed by atoms with Gasteiger partial charge in [-0.05, 0) is 37.3 Å². The number of carbonyl (C=O) groups is 1. The highest BCUT2D eigenvalue weighted by atomic mass is 35.5. The summed E-state index contributed by atoms with van der Waals surface area (Å²) < 4.78 is 0. The number of likely N-dealkylation sites (tertiary alicyclic amines) is 1. The first-order chi connectivity index (χ1) is 9.76. The smallest absolute Gasteiger partial charge is 0.233 e. The number of nitrogens with two attached hydrogens (primary N) is 1. The topological polar surface area (TPSA) is 46.3 Å². The summed E-state index contributed by atoms with van der Waals surface area (Å²) in [5, 5.41) is 0. The van der Waals surface area contributed by atoms with E-state index in [1.807, 2.05) is 6.07 Å². The summed E-state index contributed by atoms with van der Waals surface area (Å²) >= 11 is 0. The monoisotopic (exact) mass is 308 g/mol. The molecule has 1 atom stereocenters. The second-order valence-corrected chi connectivity index (χ2v) is 6.30. The van der Waals surface area contributed by atoms with Crippen molar-refractivity contribution in [1.82, 2.24) is 4.90 Å². The van der Waals surface area contributed by atoms with Gasteiger partial charge in [-0.1, -0.05) is 43.2 Å². The van der Waals surface area contributed by atoms with E-state index in [-0.39, 0.29) is 17.8 Å². The van der Waals surface area contributed by atoms with Crippen molar-refractivity contribution >= 4 is 18.3 Å². The van der Waals surface area contributed by atoms with Crippen molar-refractivity contribution in [1.29, 1.82) is 0 Å². The average molecular weight is 309 g/mol. The van der Waals surface area contributed by atoms with Crippen molar-refractivity contribution in [3.05, 3.63) is 35.9 Å². The molecular formula is C17H25ClN2O. The highest BCUT2D eigenvalue weighted by Gasteiger charge is 2.45. The summed E-state index contributed by atoms with van der Waals surface area (Å²) in [6.07, 6.45) is 5.38. The minimum absolute atomic E-state index is 0. The van der Waals surface area contributed by atoms with E-state index in [1.54, 1.807) is 0 Å². The molecule has 2 fully saturated rings. The van der Waals surface area contributed by atoms with Gasteiger partial charge in [-0.3, -0.25) is 4.79 Å². The van der Waals surface area contributed by atoms with E-state index in [2.05, 4.69) is 29.2 Å². The molecule has 1 aliphatic carbocycles. The van der Waals surface area contributed by atoms with Gasteiger partial charge >= 0.3 is 0 Å². The fourth-order valence-corrected chi connectivity index (χ4v) is 3.87. The van der Waals surface area contributed by atoms with Gasteiger partial charge in [0.25, 0.3) is 0 Å². The summed E-state index contributed by atoms with van der Waals surface area (Å²) in [7, 11) is 0. The standard InChI is InChI=1S/C17H24N2O.ClH/c18-12-14-8-11-19(13-14)16(20)17(9-4-5-10-17)15-6-2-1-3-7-15;/h1-3,6-7,14H,4-5,8-13,18H2;1H. The maximum absolute atomic E-state index is 13.1. The molecule has 1 saturated carbocycles. The minimum Gasteiger partial charge on any atom is -0.342 e. The minimum atomic E-state index is -0.259. The van der Waals surface area contributed by atoms with Gasteiger partial charge in [0.15, 0.2) is 0 Å². The normalized spacial score (nSPS) is 23.9. The van der Waals surface area contributed by atoms with Crippen molar-refractivity contribution in [2.75, 3.05) is 19.6 Å². The van der Waals surface area contributed by atoms with Crippen molar-refractivity contribution < 1.29 is 4.79 Å². The molecule has 1 unspecified atom stereocenters. The molecule has 3 nitrogen and oxygen atoms in total. The lowest BCUT2D eigenvalue weighted by molar-refractivity contribution is -0.136. The largest absolute Gasteiger partial charge is 0.342 e. The van der Waals surface area contributed by atoms with E-state index in [0.717, 1.165) is 45.2 Å². The van der Waals surface area contributed by atoms with Gasteiger partial charge in [0.2, 0.25) is 5.91 Å². The highest BCUT2D eigenvalue weighted by molar-refractivity contribution is 5.89. The molecule has 0 aromatic heterocycles. The van der Waals surface area contributed by atoms with Crippen LogP contribution in [0.4, 0.5) is 0 Å². The van der Waals surface area contributed by atoms with Gasteiger partial charge in [0.05, 0.1) is 5.41 Å². The van der Waals surface area contributed by atoms with E-state index in [4.69, 9.17) is 5.73 Å². The first-order valence-electron chi connectivity index (χ1n) is 7.81. The Morgan fingerprint density at radius 1 is 1.24 bits per heavy atom. The second-order valence-electron chi connectivity index (χ2n) is 6.30. The first-order valence-corrected chi connectivity index (χ1v) is 7.81. The molecule has 1 aromatic rings. The van der Waals surface area contributed by atoms with Crippen LogP contribution in [-0.2, 0) is 10.2 Å². The maximum Gasteiger partial charge on any atom is 0.233 e. The molecule has 3 rings (SSSR count). The van der Waals surface area contributed by atoms with Crippen LogP contribution < -0.4 is 5.73 Å². The molecule has 21 heavy (non-hydrogen) atoms. The number of rotatable bonds is 3. The van der Waals surface area contributed by atoms with Crippen LogP contribution in [0, 0.1) is 5.92 Å². The van der Waals surface area contributed by atoms with E-state index in [0.29, 0.717) is 18.4 Å². The fraction of sp³-hybridized carbons (Fsp3) is 0.588. The number of benzene rings is 1. The first kappa shape index (κ1) is 16.3. The number of hydrogen-bond acceptors (Lipinski definition) is 2. The molecule has 0 radical (unpaired) electrons. The van der Waals surface area contributed by atoms with Crippen LogP contribution in [0.2, 0.25) is 0 Å². The SMILES string of the molecule is Cl.NCC1CCN(C(=O)C2(c3ccccc3)CCCC2)C1. The molecule has 0 spiro atoms. The van der Waals surface area contributed by atoms with Crippen LogP contribution in [0.15, 0.2) is 30.3 Å². The summed E-state index contributed by atoms with van der Waals surface area (Å²) in [5.74, 6) is 0.838. The molecule has 4 heteroatoms. The van der Waals surface area contributed by atoms with Gasteiger partial charge in [0.1, 0.15) is 0 Å². The number of amides is 1. The predicted octanol–water partition coefficient (Wildman–Crippen LogP) is 2.73. The number of halogens is 1. The van der Waals surface area contributed by atoms with Crippen LogP contribution in [-0.4, -0.2) is 30.4 Å². The molecule has 0 bridgehead atoms. The van der Waals surface area contributed by atoms with E-state index in [9.17, 15) is 4.79 Å². The molecule has 2 N–H and O–H groups in total. The summed E-state index contributed by atoms with van der Waals surface area (Å²) in [6, 6.07) is 10.4. The Kier molecular flexibility index (Phi) is 5.28. The number of nitrogens with zero attached hydrogens (tertiary/aromatic N) is 1. The third kappa shape index (κ3) is 2.95. The summed E-state index contributed by atoms with van der Waals surface area (Å²) in [5.41, 5.74) is 6.70. The molecule has 2 aliphatic rings. The van der Waals surface area contributed by atoms with Gasteiger partial charge in [-0.15, -0.1) is 12.4 Å². The van der Waals surface area contributed by atoms with Crippen LogP contribution in [0.25, 0.3) is 0 Å². The zero-order chi connectivity index (χ0) is 14.0.